The molecular weight excluding hydrogens is 270 g/mol. The van der Waals surface area contributed by atoms with Crippen molar-refractivity contribution in [3.8, 4) is 0 Å². The van der Waals surface area contributed by atoms with Gasteiger partial charge in [0.05, 0.1) is 0 Å². The zero-order chi connectivity index (χ0) is 16.1. The Balaban J connectivity index is 2.08. The number of hydrogen-bond donors (Lipinski definition) is 2. The molecule has 0 heterocycles. The fourth-order valence-electron chi connectivity index (χ4n) is 2.38. The van der Waals surface area contributed by atoms with Crippen LogP contribution in [0.5, 0.6) is 0 Å². The largest absolute Gasteiger partial charge is 0.383 e. The molecule has 2 aromatic rings. The Morgan fingerprint density at radius 3 is 1.23 bits per heavy atom. The number of nitrogens with one attached hydrogen (secondary N) is 2. The van der Waals surface area contributed by atoms with Crippen LogP contribution in [-0.4, -0.2) is 19.1 Å². The topological polar surface area (TPSA) is 27.3 Å². The molecule has 2 aromatic carbocycles. The van der Waals surface area contributed by atoms with Gasteiger partial charge in [0.15, 0.2) is 0 Å². The average molecular weight is 297 g/mol. The van der Waals surface area contributed by atoms with Crippen LogP contribution in [0.4, 0.5) is 22.7 Å². The summed E-state index contributed by atoms with van der Waals surface area (Å²) in [5.41, 5.74) is 4.67. The normalized spacial score (nSPS) is 10.9. The van der Waals surface area contributed by atoms with Crippen LogP contribution >= 0.6 is 0 Å². The van der Waals surface area contributed by atoms with E-state index in [1.54, 1.807) is 0 Å². The highest BCUT2D eigenvalue weighted by Gasteiger charge is 2.05. The van der Waals surface area contributed by atoms with Crippen LogP contribution in [-0.2, 0) is 0 Å². The summed E-state index contributed by atoms with van der Waals surface area (Å²) in [7, 11) is 2.09. The second kappa shape index (κ2) is 7.21. The first-order chi connectivity index (χ1) is 10.5. The van der Waals surface area contributed by atoms with Gasteiger partial charge < -0.3 is 15.5 Å². The van der Waals surface area contributed by atoms with Crippen molar-refractivity contribution >= 4 is 22.7 Å². The fourth-order valence-corrected chi connectivity index (χ4v) is 2.38. The first-order valence-corrected chi connectivity index (χ1v) is 7.92. The van der Waals surface area contributed by atoms with Crippen molar-refractivity contribution < 1.29 is 0 Å². The van der Waals surface area contributed by atoms with Gasteiger partial charge in [0.2, 0.25) is 0 Å². The molecule has 0 spiro atoms. The van der Waals surface area contributed by atoms with Gasteiger partial charge in [0.25, 0.3) is 0 Å². The lowest BCUT2D eigenvalue weighted by Crippen LogP contribution is -2.12. The van der Waals surface area contributed by atoms with Gasteiger partial charge in [0, 0.05) is 41.9 Å². The molecule has 2 rings (SSSR count). The highest BCUT2D eigenvalue weighted by atomic mass is 15.1. The molecule has 0 aliphatic heterocycles. The Kier molecular flexibility index (Phi) is 5.31. The van der Waals surface area contributed by atoms with Gasteiger partial charge in [-0.05, 0) is 76.2 Å². The molecule has 0 radical (unpaired) electrons. The summed E-state index contributed by atoms with van der Waals surface area (Å²) in [6, 6.07) is 18.0. The van der Waals surface area contributed by atoms with E-state index in [1.165, 1.54) is 11.4 Å². The Bertz CT molecular complexity index is 517. The predicted octanol–water partition coefficient (Wildman–Crippen LogP) is 5.10. The second-order valence-electron chi connectivity index (χ2n) is 6.25. The molecule has 0 atom stereocenters. The SMILES string of the molecule is CC(C)Nc1ccc(N(C)c2ccc(NC(C)C)cc2)cc1. The zero-order valence-corrected chi connectivity index (χ0v) is 14.2. The summed E-state index contributed by atoms with van der Waals surface area (Å²) in [4.78, 5) is 2.19. The summed E-state index contributed by atoms with van der Waals surface area (Å²) in [5.74, 6) is 0. The van der Waals surface area contributed by atoms with Crippen LogP contribution in [0, 0.1) is 0 Å². The predicted molar refractivity (Wildman–Crippen MR) is 98.5 cm³/mol. The number of rotatable bonds is 6. The van der Waals surface area contributed by atoms with Crippen molar-refractivity contribution in [2.45, 2.75) is 39.8 Å². The van der Waals surface area contributed by atoms with E-state index < -0.39 is 0 Å². The minimum atomic E-state index is 0.449. The maximum Gasteiger partial charge on any atom is 0.0409 e. The van der Waals surface area contributed by atoms with E-state index in [1.807, 2.05) is 0 Å². The van der Waals surface area contributed by atoms with Crippen molar-refractivity contribution in [1.29, 1.82) is 0 Å². The molecular formula is C19H27N3. The van der Waals surface area contributed by atoms with Gasteiger partial charge in [-0.2, -0.15) is 0 Å². The van der Waals surface area contributed by atoms with Crippen molar-refractivity contribution in [3.05, 3.63) is 48.5 Å². The molecule has 3 nitrogen and oxygen atoms in total. The Morgan fingerprint density at radius 1 is 0.636 bits per heavy atom. The van der Waals surface area contributed by atoms with Gasteiger partial charge in [0.1, 0.15) is 0 Å². The third-order valence-electron chi connectivity index (χ3n) is 3.42. The third-order valence-corrected chi connectivity index (χ3v) is 3.42. The van der Waals surface area contributed by atoms with Crippen LogP contribution < -0.4 is 15.5 Å². The summed E-state index contributed by atoms with van der Waals surface area (Å²) in [6.07, 6.45) is 0. The smallest absolute Gasteiger partial charge is 0.0409 e. The number of hydrogen-bond acceptors (Lipinski definition) is 3. The van der Waals surface area contributed by atoms with Crippen molar-refractivity contribution in [3.63, 3.8) is 0 Å². The maximum absolute atomic E-state index is 3.41. The van der Waals surface area contributed by atoms with Crippen LogP contribution in [0.25, 0.3) is 0 Å². The Labute approximate surface area is 134 Å². The van der Waals surface area contributed by atoms with Gasteiger partial charge in [-0.1, -0.05) is 0 Å². The molecule has 0 unspecified atom stereocenters. The Hall–Kier alpha value is -2.16. The van der Waals surface area contributed by atoms with E-state index >= 15 is 0 Å². The average Bonchev–Trinajstić information content (AvgIpc) is 2.47. The highest BCUT2D eigenvalue weighted by Crippen LogP contribution is 2.26. The van der Waals surface area contributed by atoms with Gasteiger partial charge in [-0.15, -0.1) is 0 Å². The molecule has 0 fully saturated rings. The number of anilines is 4. The van der Waals surface area contributed by atoms with E-state index in [2.05, 4.69) is 98.8 Å². The molecule has 0 amide bonds. The van der Waals surface area contributed by atoms with Crippen LogP contribution in [0.15, 0.2) is 48.5 Å². The summed E-state index contributed by atoms with van der Waals surface area (Å²) < 4.78 is 0. The van der Waals surface area contributed by atoms with Gasteiger partial charge >= 0.3 is 0 Å². The minimum Gasteiger partial charge on any atom is -0.383 e. The van der Waals surface area contributed by atoms with Crippen LogP contribution in [0.2, 0.25) is 0 Å². The molecule has 0 bridgehead atoms. The first-order valence-electron chi connectivity index (χ1n) is 7.92. The van der Waals surface area contributed by atoms with E-state index in [9.17, 15) is 0 Å². The number of benzene rings is 2. The Morgan fingerprint density at radius 2 is 0.955 bits per heavy atom. The third kappa shape index (κ3) is 4.42. The summed E-state index contributed by atoms with van der Waals surface area (Å²) in [5, 5.41) is 6.82. The lowest BCUT2D eigenvalue weighted by Gasteiger charge is -2.21. The molecule has 0 aromatic heterocycles. The lowest BCUT2D eigenvalue weighted by molar-refractivity contribution is 0.900. The summed E-state index contributed by atoms with van der Waals surface area (Å²) in [6.45, 7) is 8.58. The maximum atomic E-state index is 3.41. The van der Waals surface area contributed by atoms with Crippen molar-refractivity contribution in [1.82, 2.24) is 0 Å². The molecule has 0 aliphatic carbocycles. The van der Waals surface area contributed by atoms with Crippen LogP contribution in [0.3, 0.4) is 0 Å². The first kappa shape index (κ1) is 16.2. The van der Waals surface area contributed by atoms with E-state index in [0.717, 1.165) is 11.4 Å². The zero-order valence-electron chi connectivity index (χ0n) is 14.2. The van der Waals surface area contributed by atoms with Crippen molar-refractivity contribution in [2.75, 3.05) is 22.6 Å². The molecule has 0 saturated carbocycles. The molecule has 118 valence electrons. The molecule has 22 heavy (non-hydrogen) atoms. The van der Waals surface area contributed by atoms with Gasteiger partial charge in [-0.3, -0.25) is 0 Å². The van der Waals surface area contributed by atoms with Crippen LogP contribution in [0.1, 0.15) is 27.7 Å². The van der Waals surface area contributed by atoms with E-state index in [-0.39, 0.29) is 0 Å². The van der Waals surface area contributed by atoms with Crippen molar-refractivity contribution in [2.24, 2.45) is 0 Å². The lowest BCUT2D eigenvalue weighted by atomic mass is 10.2. The number of nitrogens with zero attached hydrogens (tertiary/aromatic N) is 1. The quantitative estimate of drug-likeness (QED) is 0.777. The molecule has 0 aliphatic rings. The van der Waals surface area contributed by atoms with E-state index in [4.69, 9.17) is 0 Å². The minimum absolute atomic E-state index is 0.449. The summed E-state index contributed by atoms with van der Waals surface area (Å²) >= 11 is 0. The molecule has 2 N–H and O–H groups in total. The molecule has 0 saturated heterocycles. The van der Waals surface area contributed by atoms with Gasteiger partial charge in [-0.25, -0.2) is 0 Å². The standard InChI is InChI=1S/C19H27N3/c1-14(2)20-16-6-10-18(11-7-16)22(5)19-12-8-17(9-13-19)21-15(3)4/h6-15,20-21H,1-5H3. The second-order valence-corrected chi connectivity index (χ2v) is 6.25. The monoisotopic (exact) mass is 297 g/mol. The fraction of sp³-hybridized carbons (Fsp3) is 0.368. The van der Waals surface area contributed by atoms with E-state index in [0.29, 0.717) is 12.1 Å². The highest BCUT2D eigenvalue weighted by molar-refractivity contribution is 5.66. The molecule has 3 heteroatoms.